The van der Waals surface area contributed by atoms with Crippen LogP contribution in [0.1, 0.15) is 16.7 Å². The van der Waals surface area contributed by atoms with E-state index in [4.69, 9.17) is 0 Å². The van der Waals surface area contributed by atoms with Crippen molar-refractivity contribution in [2.75, 3.05) is 0 Å². The number of aryl methyl sites for hydroxylation is 3. The van der Waals surface area contributed by atoms with Gasteiger partial charge in [0.05, 0.1) is 0 Å². The Bertz CT molecular complexity index is 2430. The van der Waals surface area contributed by atoms with Gasteiger partial charge in [-0.3, -0.25) is 0 Å². The molecule has 0 aliphatic carbocycles. The number of hydrogen-bond donors (Lipinski definition) is 0. The Labute approximate surface area is 289 Å². The molecule has 0 heteroatoms. The SMILES string of the molecule is Cc1c2ccccc2c(-c2ccc(-c3ccccc3)cc2)c2ccccc12.Cc1ccc2ccccc2c1.Cc1cccc2ccccc12. The summed E-state index contributed by atoms with van der Waals surface area (Å²) in [7, 11) is 0. The van der Waals surface area contributed by atoms with Crippen molar-refractivity contribution in [3.8, 4) is 22.3 Å². The highest BCUT2D eigenvalue weighted by atomic mass is 14.2. The molecule has 0 fully saturated rings. The van der Waals surface area contributed by atoms with Gasteiger partial charge in [-0.15, -0.1) is 0 Å². The maximum Gasteiger partial charge on any atom is -0.00266 e. The van der Waals surface area contributed by atoms with Crippen LogP contribution < -0.4 is 0 Å². The molecule has 236 valence electrons. The summed E-state index contributed by atoms with van der Waals surface area (Å²) in [5, 5.41) is 10.6. The Morgan fingerprint density at radius 1 is 0.286 bits per heavy atom. The van der Waals surface area contributed by atoms with Crippen LogP contribution in [0.5, 0.6) is 0 Å². The van der Waals surface area contributed by atoms with Crippen LogP contribution in [0, 0.1) is 20.8 Å². The molecule has 0 saturated carbocycles. The van der Waals surface area contributed by atoms with Gasteiger partial charge in [-0.05, 0) is 97.2 Å². The minimum atomic E-state index is 1.25. The third-order valence-corrected chi connectivity index (χ3v) is 9.39. The average molecular weight is 629 g/mol. The number of fused-ring (bicyclic) bond motifs is 4. The van der Waals surface area contributed by atoms with Gasteiger partial charge in [-0.1, -0.05) is 194 Å². The first-order valence-electron chi connectivity index (χ1n) is 17.0. The van der Waals surface area contributed by atoms with Crippen molar-refractivity contribution in [2.45, 2.75) is 20.8 Å². The quantitative estimate of drug-likeness (QED) is 0.167. The molecule has 0 aliphatic heterocycles. The summed E-state index contributed by atoms with van der Waals surface area (Å²) in [5.41, 5.74) is 9.12. The summed E-state index contributed by atoms with van der Waals surface area (Å²) < 4.78 is 0. The van der Waals surface area contributed by atoms with E-state index in [1.807, 2.05) is 0 Å². The first kappa shape index (κ1) is 31.6. The van der Waals surface area contributed by atoms with Gasteiger partial charge in [0.25, 0.3) is 0 Å². The third kappa shape index (κ3) is 6.86. The lowest BCUT2D eigenvalue weighted by Gasteiger charge is -2.15. The van der Waals surface area contributed by atoms with E-state index < -0.39 is 0 Å². The fraction of sp³-hybridized carbons (Fsp3) is 0.0612. The Morgan fingerprint density at radius 3 is 1.39 bits per heavy atom. The first-order valence-corrected chi connectivity index (χ1v) is 17.0. The van der Waals surface area contributed by atoms with Crippen LogP contribution in [0.2, 0.25) is 0 Å². The Balaban J connectivity index is 0.000000140. The second-order valence-corrected chi connectivity index (χ2v) is 12.7. The smallest absolute Gasteiger partial charge is 0.00266 e. The molecule has 0 aromatic heterocycles. The van der Waals surface area contributed by atoms with Gasteiger partial charge in [0.1, 0.15) is 0 Å². The molecule has 49 heavy (non-hydrogen) atoms. The third-order valence-electron chi connectivity index (χ3n) is 9.39. The van der Waals surface area contributed by atoms with E-state index in [-0.39, 0.29) is 0 Å². The monoisotopic (exact) mass is 628 g/mol. The van der Waals surface area contributed by atoms with Gasteiger partial charge in [-0.2, -0.15) is 0 Å². The van der Waals surface area contributed by atoms with Gasteiger partial charge < -0.3 is 0 Å². The van der Waals surface area contributed by atoms with E-state index >= 15 is 0 Å². The molecule has 0 N–H and O–H groups in total. The van der Waals surface area contributed by atoms with Gasteiger partial charge >= 0.3 is 0 Å². The van der Waals surface area contributed by atoms with E-state index in [9.17, 15) is 0 Å². The van der Waals surface area contributed by atoms with Gasteiger partial charge in [0.2, 0.25) is 0 Å². The lowest BCUT2D eigenvalue weighted by Crippen LogP contribution is -1.89. The summed E-state index contributed by atoms with van der Waals surface area (Å²) >= 11 is 0. The van der Waals surface area contributed by atoms with E-state index in [0.29, 0.717) is 0 Å². The minimum Gasteiger partial charge on any atom is -0.0622 e. The van der Waals surface area contributed by atoms with E-state index in [0.717, 1.165) is 0 Å². The van der Waals surface area contributed by atoms with Crippen molar-refractivity contribution < 1.29 is 0 Å². The average Bonchev–Trinajstić information content (AvgIpc) is 3.16. The molecule has 0 atom stereocenters. The predicted octanol–water partition coefficient (Wildman–Crippen LogP) is 13.9. The fourth-order valence-corrected chi connectivity index (χ4v) is 6.81. The Morgan fingerprint density at radius 2 is 0.755 bits per heavy atom. The molecule has 9 rings (SSSR count). The second-order valence-electron chi connectivity index (χ2n) is 12.7. The topological polar surface area (TPSA) is 0 Å². The normalized spacial score (nSPS) is 10.8. The predicted molar refractivity (Wildman–Crippen MR) is 214 cm³/mol. The largest absolute Gasteiger partial charge is 0.0622 e. The van der Waals surface area contributed by atoms with Crippen LogP contribution in [-0.4, -0.2) is 0 Å². The van der Waals surface area contributed by atoms with Gasteiger partial charge in [0, 0.05) is 0 Å². The molecule has 9 aromatic rings. The maximum absolute atomic E-state index is 2.26. The summed E-state index contributed by atoms with van der Waals surface area (Å²) in [6, 6.07) is 66.8. The van der Waals surface area contributed by atoms with Crippen molar-refractivity contribution in [1.82, 2.24) is 0 Å². The first-order chi connectivity index (χ1) is 24.1. The van der Waals surface area contributed by atoms with Crippen LogP contribution in [0.3, 0.4) is 0 Å². The lowest BCUT2D eigenvalue weighted by molar-refractivity contribution is 1.51. The highest BCUT2D eigenvalue weighted by Crippen LogP contribution is 2.39. The Kier molecular flexibility index (Phi) is 9.30. The summed E-state index contributed by atoms with van der Waals surface area (Å²) in [4.78, 5) is 0. The molecule has 0 heterocycles. The number of hydrogen-bond acceptors (Lipinski definition) is 0. The second kappa shape index (κ2) is 14.4. The van der Waals surface area contributed by atoms with Crippen molar-refractivity contribution in [1.29, 1.82) is 0 Å². The fourth-order valence-electron chi connectivity index (χ4n) is 6.81. The molecule has 0 radical (unpaired) electrons. The zero-order chi connectivity index (χ0) is 33.6. The van der Waals surface area contributed by atoms with E-state index in [2.05, 4.69) is 209 Å². The molecule has 0 unspecified atom stereocenters. The van der Waals surface area contributed by atoms with Crippen LogP contribution in [0.25, 0.3) is 65.3 Å². The van der Waals surface area contributed by atoms with Crippen LogP contribution in [-0.2, 0) is 0 Å². The molecular weight excluding hydrogens is 589 g/mol. The molecule has 0 saturated heterocycles. The maximum atomic E-state index is 2.26. The van der Waals surface area contributed by atoms with Crippen LogP contribution in [0.15, 0.2) is 188 Å². The lowest BCUT2D eigenvalue weighted by atomic mass is 9.88. The molecule has 0 spiro atoms. The minimum absolute atomic E-state index is 1.25. The highest BCUT2D eigenvalue weighted by molar-refractivity contribution is 6.14. The molecule has 9 aromatic carbocycles. The van der Waals surface area contributed by atoms with Crippen LogP contribution in [0.4, 0.5) is 0 Å². The summed E-state index contributed by atoms with van der Waals surface area (Å²) in [6.45, 7) is 6.49. The number of benzene rings is 9. The molecule has 0 aliphatic rings. The highest BCUT2D eigenvalue weighted by Gasteiger charge is 2.12. The van der Waals surface area contributed by atoms with E-state index in [1.165, 1.54) is 82.0 Å². The molecule has 0 amide bonds. The zero-order valence-electron chi connectivity index (χ0n) is 28.4. The van der Waals surface area contributed by atoms with Gasteiger partial charge in [0.15, 0.2) is 0 Å². The molecule has 0 bridgehead atoms. The molecule has 0 nitrogen and oxygen atoms in total. The zero-order valence-corrected chi connectivity index (χ0v) is 28.4. The Hall–Kier alpha value is -5.98. The molecular formula is C49H40. The van der Waals surface area contributed by atoms with Crippen LogP contribution >= 0.6 is 0 Å². The number of rotatable bonds is 2. The standard InChI is InChI=1S/C27H20.2C11H10/c1-19-23-11-5-7-13-25(23)27(26-14-8-6-12-24(19)26)22-17-15-21(16-18-22)20-9-3-2-4-10-20;1-9-5-4-7-10-6-2-3-8-11(9)10;1-9-6-7-10-4-2-3-5-11(10)8-9/h2-18H,1H3;2*2-8H,1H3. The van der Waals surface area contributed by atoms with E-state index in [1.54, 1.807) is 0 Å². The van der Waals surface area contributed by atoms with Gasteiger partial charge in [-0.25, -0.2) is 0 Å². The summed E-state index contributed by atoms with van der Waals surface area (Å²) in [5.74, 6) is 0. The van der Waals surface area contributed by atoms with Crippen molar-refractivity contribution in [3.05, 3.63) is 205 Å². The van der Waals surface area contributed by atoms with Crippen molar-refractivity contribution in [2.24, 2.45) is 0 Å². The van der Waals surface area contributed by atoms with Crippen molar-refractivity contribution in [3.63, 3.8) is 0 Å². The summed E-state index contributed by atoms with van der Waals surface area (Å²) in [6.07, 6.45) is 0. The van der Waals surface area contributed by atoms with Crippen molar-refractivity contribution >= 4 is 43.1 Å².